The molecule has 0 atom stereocenters. The van der Waals surface area contributed by atoms with Crippen LogP contribution in [0.2, 0.25) is 0 Å². The quantitative estimate of drug-likeness (QED) is 0.639. The van der Waals surface area contributed by atoms with Crippen LogP contribution in [0.5, 0.6) is 0 Å². The van der Waals surface area contributed by atoms with E-state index in [1.165, 1.54) is 18.4 Å². The summed E-state index contributed by atoms with van der Waals surface area (Å²) >= 11 is 0. The van der Waals surface area contributed by atoms with E-state index in [1.54, 1.807) is 0 Å². The lowest BCUT2D eigenvalue weighted by atomic mass is 9.58. The number of carbonyl (C=O) groups is 1. The van der Waals surface area contributed by atoms with Crippen LogP contribution in [0, 0.1) is 10.8 Å². The average Bonchev–Trinajstić information content (AvgIpc) is 3.32. The van der Waals surface area contributed by atoms with Gasteiger partial charge in [-0.2, -0.15) is 5.10 Å². The summed E-state index contributed by atoms with van der Waals surface area (Å²) in [7, 11) is -0.253. The maximum atomic E-state index is 13.0. The summed E-state index contributed by atoms with van der Waals surface area (Å²) in [5, 5.41) is 4.70. The van der Waals surface area contributed by atoms with Crippen molar-refractivity contribution in [3.63, 3.8) is 0 Å². The van der Waals surface area contributed by atoms with Crippen molar-refractivity contribution in [1.29, 1.82) is 0 Å². The van der Waals surface area contributed by atoms with Gasteiger partial charge in [0, 0.05) is 42.9 Å². The van der Waals surface area contributed by atoms with E-state index >= 15 is 0 Å². The number of hydrogen-bond acceptors (Lipinski definition) is 5. The first-order valence-electron chi connectivity index (χ1n) is 13.0. The van der Waals surface area contributed by atoms with E-state index < -0.39 is 0 Å². The van der Waals surface area contributed by atoms with Crippen LogP contribution in [0.4, 0.5) is 4.79 Å². The van der Waals surface area contributed by atoms with E-state index in [0.717, 1.165) is 57.7 Å². The van der Waals surface area contributed by atoms with E-state index in [4.69, 9.17) is 14.4 Å². The second-order valence-electron chi connectivity index (χ2n) is 13.2. The molecular formula is C25H36BN5O3. The molecule has 3 aliphatic heterocycles. The molecule has 2 amide bonds. The van der Waals surface area contributed by atoms with Gasteiger partial charge in [-0.25, -0.2) is 14.5 Å². The Morgan fingerprint density at radius 3 is 2.18 bits per heavy atom. The number of nitrogens with zero attached hydrogens (tertiary/aromatic N) is 5. The fourth-order valence-electron chi connectivity index (χ4n) is 6.78. The maximum Gasteiger partial charge on any atom is 0.487 e. The standard InChI is InChI=1S/C25H36BN5O3/c1-22(2)23(3,4)34-26(33-22)11-17-7-24(8-17)12-29(13-24)21(32)30-14-25(15-30)9-19(10-25)31-16-27-20(28-31)18-5-6-18/h11,16,18-19H,5-10,12-15H2,1-4H3. The molecule has 4 heterocycles. The number of hydrogen-bond donors (Lipinski definition) is 0. The minimum atomic E-state index is -0.292. The van der Waals surface area contributed by atoms with Crippen LogP contribution in [0.3, 0.4) is 0 Å². The van der Waals surface area contributed by atoms with Crippen molar-refractivity contribution in [2.75, 3.05) is 26.2 Å². The number of carbonyl (C=O) groups excluding carboxylic acids is 1. The summed E-state index contributed by atoms with van der Waals surface area (Å²) < 4.78 is 14.3. The summed E-state index contributed by atoms with van der Waals surface area (Å²) in [6, 6.07) is 0.702. The zero-order chi connectivity index (χ0) is 23.5. The van der Waals surface area contributed by atoms with Crippen molar-refractivity contribution < 1.29 is 14.1 Å². The molecule has 0 aromatic carbocycles. The van der Waals surface area contributed by atoms with Gasteiger partial charge in [0.1, 0.15) is 6.33 Å². The molecule has 1 aromatic rings. The average molecular weight is 465 g/mol. The van der Waals surface area contributed by atoms with Crippen molar-refractivity contribution in [1.82, 2.24) is 24.6 Å². The molecule has 3 saturated carbocycles. The van der Waals surface area contributed by atoms with E-state index in [1.807, 2.05) is 11.2 Å². The van der Waals surface area contributed by atoms with Crippen LogP contribution in [-0.2, 0) is 9.31 Å². The van der Waals surface area contributed by atoms with Crippen LogP contribution in [0.1, 0.15) is 84.0 Å². The summed E-state index contributed by atoms with van der Waals surface area (Å²) in [5.74, 6) is 3.81. The lowest BCUT2D eigenvalue weighted by Crippen LogP contribution is -2.70. The topological polar surface area (TPSA) is 72.7 Å². The minimum absolute atomic E-state index is 0.236. The van der Waals surface area contributed by atoms with Crippen molar-refractivity contribution >= 4 is 13.1 Å². The molecule has 7 rings (SSSR count). The maximum absolute atomic E-state index is 13.0. The van der Waals surface area contributed by atoms with Gasteiger partial charge >= 0.3 is 13.1 Å². The summed E-state index contributed by atoms with van der Waals surface area (Å²) in [4.78, 5) is 21.6. The summed E-state index contributed by atoms with van der Waals surface area (Å²) in [5.41, 5.74) is 1.44. The molecule has 1 aromatic heterocycles. The van der Waals surface area contributed by atoms with E-state index in [0.29, 0.717) is 22.8 Å². The van der Waals surface area contributed by atoms with Gasteiger partial charge in [-0.15, -0.1) is 0 Å². The molecule has 34 heavy (non-hydrogen) atoms. The highest BCUT2D eigenvalue weighted by Gasteiger charge is 2.58. The van der Waals surface area contributed by atoms with Gasteiger partial charge in [-0.1, -0.05) is 11.5 Å². The van der Waals surface area contributed by atoms with Crippen LogP contribution >= 0.6 is 0 Å². The Morgan fingerprint density at radius 2 is 1.59 bits per heavy atom. The van der Waals surface area contributed by atoms with Gasteiger partial charge in [-0.3, -0.25) is 0 Å². The molecule has 6 aliphatic rings. The zero-order valence-corrected chi connectivity index (χ0v) is 20.9. The molecule has 6 fully saturated rings. The molecule has 0 N–H and O–H groups in total. The molecule has 2 spiro atoms. The summed E-state index contributed by atoms with van der Waals surface area (Å²) in [6.07, 6.45) is 8.78. The number of allylic oxidation sites excluding steroid dienone is 1. The first kappa shape index (κ1) is 21.4. The predicted octanol–water partition coefficient (Wildman–Crippen LogP) is 3.57. The monoisotopic (exact) mass is 465 g/mol. The van der Waals surface area contributed by atoms with Gasteiger partial charge in [0.2, 0.25) is 0 Å². The lowest BCUT2D eigenvalue weighted by Gasteiger charge is -2.62. The number of aromatic nitrogens is 3. The Morgan fingerprint density at radius 1 is 1.00 bits per heavy atom. The zero-order valence-electron chi connectivity index (χ0n) is 20.9. The molecular weight excluding hydrogens is 429 g/mol. The second kappa shape index (κ2) is 6.66. The van der Waals surface area contributed by atoms with Crippen molar-refractivity contribution in [2.24, 2.45) is 10.8 Å². The van der Waals surface area contributed by atoms with Gasteiger partial charge in [0.05, 0.1) is 17.2 Å². The van der Waals surface area contributed by atoms with Crippen molar-refractivity contribution in [3.8, 4) is 0 Å². The first-order chi connectivity index (χ1) is 16.0. The number of likely N-dealkylation sites (tertiary alicyclic amines) is 2. The molecule has 8 nitrogen and oxygen atoms in total. The fourth-order valence-corrected chi connectivity index (χ4v) is 6.78. The fraction of sp³-hybridized carbons (Fsp3) is 0.800. The first-order valence-corrected chi connectivity index (χ1v) is 13.0. The molecule has 0 unspecified atom stereocenters. The lowest BCUT2D eigenvalue weighted by molar-refractivity contribution is -0.0888. The molecule has 3 aliphatic carbocycles. The largest absolute Gasteiger partial charge is 0.487 e. The summed E-state index contributed by atoms with van der Waals surface area (Å²) in [6.45, 7) is 12.0. The van der Waals surface area contributed by atoms with Gasteiger partial charge < -0.3 is 19.1 Å². The van der Waals surface area contributed by atoms with Gasteiger partial charge in [0.15, 0.2) is 5.82 Å². The third-order valence-electron chi connectivity index (χ3n) is 9.67. The van der Waals surface area contributed by atoms with Crippen LogP contribution in [0.25, 0.3) is 0 Å². The molecule has 9 heteroatoms. The predicted molar refractivity (Wildman–Crippen MR) is 127 cm³/mol. The molecule has 182 valence electrons. The molecule has 0 bridgehead atoms. The van der Waals surface area contributed by atoms with Crippen LogP contribution in [0.15, 0.2) is 17.9 Å². The van der Waals surface area contributed by atoms with Gasteiger partial charge in [0.25, 0.3) is 0 Å². The third kappa shape index (κ3) is 3.22. The Kier molecular flexibility index (Phi) is 4.20. The minimum Gasteiger partial charge on any atom is -0.400 e. The number of urea groups is 1. The van der Waals surface area contributed by atoms with Crippen LogP contribution < -0.4 is 0 Å². The smallest absolute Gasteiger partial charge is 0.400 e. The normalized spacial score (nSPS) is 30.1. The Bertz CT molecular complexity index is 1030. The van der Waals surface area contributed by atoms with Crippen molar-refractivity contribution in [3.05, 3.63) is 23.7 Å². The highest BCUT2D eigenvalue weighted by atomic mass is 16.7. The Labute approximate surface area is 202 Å². The van der Waals surface area contributed by atoms with E-state index in [2.05, 4.69) is 48.2 Å². The van der Waals surface area contributed by atoms with E-state index in [9.17, 15) is 4.79 Å². The second-order valence-corrected chi connectivity index (χ2v) is 13.2. The van der Waals surface area contributed by atoms with Gasteiger partial charge in [-0.05, 0) is 66.2 Å². The molecule has 0 radical (unpaired) electrons. The van der Waals surface area contributed by atoms with Crippen LogP contribution in [-0.4, -0.2) is 75.1 Å². The SMILES string of the molecule is CC1(C)OB(C=C2CC3(C2)CN(C(=O)N2CC4(CC(n5cnc(C6CC6)n5)C4)C2)C3)OC1(C)C. The number of rotatable bonds is 3. The van der Waals surface area contributed by atoms with Crippen molar-refractivity contribution in [2.45, 2.75) is 89.4 Å². The number of amides is 2. The Balaban J connectivity index is 0.859. The van der Waals surface area contributed by atoms with E-state index in [-0.39, 0.29) is 24.4 Å². The Hall–Kier alpha value is -1.87. The molecule has 3 saturated heterocycles. The highest BCUT2D eigenvalue weighted by Crippen LogP contribution is 2.56. The highest BCUT2D eigenvalue weighted by molar-refractivity contribution is 6.51. The third-order valence-corrected chi connectivity index (χ3v) is 9.67.